The molecule has 2 fully saturated rings. The van der Waals surface area contributed by atoms with Gasteiger partial charge in [-0.05, 0) is 51.6 Å². The SMILES string of the molecule is C/C=C/CCC#CCCC(=O)OCC(C(=O)OC1C[C@H]2CC[C@@H](C1)N2C)c1ccccc1. The third kappa shape index (κ3) is 6.97. The summed E-state index contributed by atoms with van der Waals surface area (Å²) >= 11 is 0. The maximum Gasteiger partial charge on any atom is 0.317 e. The van der Waals surface area contributed by atoms with Crippen LogP contribution in [0.1, 0.15) is 69.8 Å². The van der Waals surface area contributed by atoms with E-state index in [2.05, 4.69) is 29.9 Å². The summed E-state index contributed by atoms with van der Waals surface area (Å²) in [4.78, 5) is 27.7. The van der Waals surface area contributed by atoms with E-state index < -0.39 is 5.92 Å². The van der Waals surface area contributed by atoms with Gasteiger partial charge in [-0.3, -0.25) is 9.59 Å². The number of hydrogen-bond donors (Lipinski definition) is 0. The second-order valence-corrected chi connectivity index (χ2v) is 8.69. The molecule has 5 heteroatoms. The Labute approximate surface area is 192 Å². The zero-order valence-corrected chi connectivity index (χ0v) is 19.3. The number of rotatable bonds is 9. The minimum absolute atomic E-state index is 0.00408. The van der Waals surface area contributed by atoms with Crippen molar-refractivity contribution >= 4 is 11.9 Å². The number of ether oxygens (including phenoxy) is 2. The molecule has 5 nitrogen and oxygen atoms in total. The summed E-state index contributed by atoms with van der Waals surface area (Å²) < 4.78 is 11.4. The zero-order valence-electron chi connectivity index (χ0n) is 19.3. The van der Waals surface area contributed by atoms with Crippen LogP contribution in [0.15, 0.2) is 42.5 Å². The molecule has 0 N–H and O–H groups in total. The van der Waals surface area contributed by atoms with Crippen LogP contribution in [0.5, 0.6) is 0 Å². The lowest BCUT2D eigenvalue weighted by atomic mass is 9.98. The van der Waals surface area contributed by atoms with Gasteiger partial charge in [0.25, 0.3) is 0 Å². The molecule has 172 valence electrons. The van der Waals surface area contributed by atoms with Crippen LogP contribution in [-0.4, -0.2) is 48.7 Å². The molecule has 32 heavy (non-hydrogen) atoms. The van der Waals surface area contributed by atoms with Crippen molar-refractivity contribution in [1.29, 1.82) is 0 Å². The molecule has 2 saturated heterocycles. The van der Waals surface area contributed by atoms with Gasteiger partial charge in [0, 0.05) is 24.9 Å². The summed E-state index contributed by atoms with van der Waals surface area (Å²) in [7, 11) is 2.17. The molecule has 2 heterocycles. The summed E-state index contributed by atoms with van der Waals surface area (Å²) in [5.41, 5.74) is 0.810. The number of carbonyl (C=O) groups excluding carboxylic acids is 2. The van der Waals surface area contributed by atoms with Crippen molar-refractivity contribution in [1.82, 2.24) is 4.90 Å². The largest absolute Gasteiger partial charge is 0.464 e. The maximum absolute atomic E-state index is 13.1. The Morgan fingerprint density at radius 2 is 1.81 bits per heavy atom. The Morgan fingerprint density at radius 3 is 2.50 bits per heavy atom. The molecular weight excluding hydrogens is 402 g/mol. The van der Waals surface area contributed by atoms with Gasteiger partial charge in [0.15, 0.2) is 0 Å². The van der Waals surface area contributed by atoms with Crippen molar-refractivity contribution in [3.8, 4) is 11.8 Å². The van der Waals surface area contributed by atoms with Gasteiger partial charge in [0.2, 0.25) is 0 Å². The smallest absolute Gasteiger partial charge is 0.317 e. The highest BCUT2D eigenvalue weighted by atomic mass is 16.6. The summed E-state index contributed by atoms with van der Waals surface area (Å²) in [6, 6.07) is 10.4. The zero-order chi connectivity index (χ0) is 22.8. The van der Waals surface area contributed by atoms with Crippen LogP contribution in [0.3, 0.4) is 0 Å². The number of carbonyl (C=O) groups is 2. The van der Waals surface area contributed by atoms with Crippen molar-refractivity contribution in [2.75, 3.05) is 13.7 Å². The second-order valence-electron chi connectivity index (χ2n) is 8.69. The highest BCUT2D eigenvalue weighted by Crippen LogP contribution is 2.36. The highest BCUT2D eigenvalue weighted by molar-refractivity contribution is 5.79. The van der Waals surface area contributed by atoms with Crippen LogP contribution in [0, 0.1) is 11.8 Å². The standard InChI is InChI=1S/C27H35NO4/c1-3-4-5-6-7-8-12-15-26(29)31-20-25(21-13-10-9-11-14-21)27(30)32-24-18-22-16-17-23(19-24)28(22)2/h3-4,9-11,13-14,22-25H,5-6,12,15-20H2,1-2H3/b4-3+/t22-,23+,24?,25?. The van der Waals surface area contributed by atoms with Crippen LogP contribution in [0.25, 0.3) is 0 Å². The predicted octanol–water partition coefficient (Wildman–Crippen LogP) is 4.62. The molecule has 0 spiro atoms. The molecule has 0 radical (unpaired) electrons. The van der Waals surface area contributed by atoms with E-state index in [1.54, 1.807) is 0 Å². The average molecular weight is 438 g/mol. The van der Waals surface area contributed by atoms with Gasteiger partial charge in [-0.15, -0.1) is 11.8 Å². The third-order valence-corrected chi connectivity index (χ3v) is 6.49. The molecule has 2 aliphatic heterocycles. The molecule has 1 aromatic carbocycles. The minimum Gasteiger partial charge on any atom is -0.464 e. The molecule has 0 aliphatic carbocycles. The number of nitrogens with zero attached hydrogens (tertiary/aromatic N) is 1. The molecule has 1 aromatic rings. The first kappa shape index (κ1) is 24.1. The van der Waals surface area contributed by atoms with E-state index in [1.165, 1.54) is 12.8 Å². The van der Waals surface area contributed by atoms with Gasteiger partial charge in [0.05, 0.1) is 6.42 Å². The number of hydrogen-bond acceptors (Lipinski definition) is 5. The molecule has 2 unspecified atom stereocenters. The Bertz CT molecular complexity index is 824. The van der Waals surface area contributed by atoms with E-state index in [4.69, 9.17) is 9.47 Å². The first-order chi connectivity index (χ1) is 15.6. The van der Waals surface area contributed by atoms with E-state index in [1.807, 2.05) is 43.3 Å². The third-order valence-electron chi connectivity index (χ3n) is 6.49. The van der Waals surface area contributed by atoms with Crippen LogP contribution in [-0.2, 0) is 19.1 Å². The Kier molecular flexibility index (Phi) is 9.37. The summed E-state index contributed by atoms with van der Waals surface area (Å²) in [6.45, 7) is 1.98. The van der Waals surface area contributed by atoms with Gasteiger partial charge in [0.1, 0.15) is 18.6 Å². The molecule has 2 aliphatic rings. The summed E-state index contributed by atoms with van der Waals surface area (Å²) in [6.07, 6.45) is 10.5. The van der Waals surface area contributed by atoms with Crippen LogP contribution < -0.4 is 0 Å². The van der Waals surface area contributed by atoms with Crippen LogP contribution in [0.4, 0.5) is 0 Å². The first-order valence-corrected chi connectivity index (χ1v) is 11.8. The van der Waals surface area contributed by atoms with Crippen molar-refractivity contribution in [2.24, 2.45) is 0 Å². The van der Waals surface area contributed by atoms with Gasteiger partial charge in [-0.1, -0.05) is 42.5 Å². The number of esters is 2. The number of allylic oxidation sites excluding steroid dienone is 2. The number of fused-ring (bicyclic) bond motifs is 2. The van der Waals surface area contributed by atoms with Crippen molar-refractivity contribution in [3.05, 3.63) is 48.0 Å². The lowest BCUT2D eigenvalue weighted by Crippen LogP contribution is -2.44. The van der Waals surface area contributed by atoms with Gasteiger partial charge in [-0.25, -0.2) is 0 Å². The maximum atomic E-state index is 13.1. The monoisotopic (exact) mass is 437 g/mol. The molecule has 3 rings (SSSR count). The van der Waals surface area contributed by atoms with E-state index in [0.717, 1.165) is 31.2 Å². The van der Waals surface area contributed by atoms with Crippen LogP contribution in [0.2, 0.25) is 0 Å². The van der Waals surface area contributed by atoms with E-state index in [9.17, 15) is 9.59 Å². The van der Waals surface area contributed by atoms with Gasteiger partial charge < -0.3 is 14.4 Å². The fraction of sp³-hybridized carbons (Fsp3) is 0.556. The topological polar surface area (TPSA) is 55.8 Å². The summed E-state index contributed by atoms with van der Waals surface area (Å²) in [5.74, 6) is 4.82. The van der Waals surface area contributed by atoms with Crippen LogP contribution >= 0.6 is 0 Å². The number of benzene rings is 1. The molecule has 4 atom stereocenters. The van der Waals surface area contributed by atoms with E-state index in [0.29, 0.717) is 18.5 Å². The first-order valence-electron chi connectivity index (χ1n) is 11.8. The predicted molar refractivity (Wildman–Crippen MR) is 125 cm³/mol. The lowest BCUT2D eigenvalue weighted by Gasteiger charge is -2.36. The number of piperidine rings is 1. The van der Waals surface area contributed by atoms with Gasteiger partial charge in [-0.2, -0.15) is 0 Å². The van der Waals surface area contributed by atoms with E-state index >= 15 is 0 Å². The fourth-order valence-electron chi connectivity index (χ4n) is 4.60. The van der Waals surface area contributed by atoms with E-state index in [-0.39, 0.29) is 31.1 Å². The molecule has 0 amide bonds. The molecule has 2 bridgehead atoms. The normalized spacial score (nSPS) is 23.4. The Morgan fingerprint density at radius 1 is 1.12 bits per heavy atom. The number of unbranched alkanes of at least 4 members (excludes halogenated alkanes) is 1. The van der Waals surface area contributed by atoms with Gasteiger partial charge >= 0.3 is 11.9 Å². The second kappa shape index (κ2) is 12.5. The molecule has 0 aromatic heterocycles. The average Bonchev–Trinajstić information content (AvgIpc) is 2.99. The molecular formula is C27H35NO4. The van der Waals surface area contributed by atoms with Crippen molar-refractivity contribution in [3.63, 3.8) is 0 Å². The van der Waals surface area contributed by atoms with Crippen molar-refractivity contribution in [2.45, 2.75) is 82.4 Å². The summed E-state index contributed by atoms with van der Waals surface area (Å²) in [5, 5.41) is 0. The quantitative estimate of drug-likeness (QED) is 0.244. The fourth-order valence-corrected chi connectivity index (χ4v) is 4.60. The lowest BCUT2D eigenvalue weighted by molar-refractivity contribution is -0.157. The van der Waals surface area contributed by atoms with Crippen molar-refractivity contribution < 1.29 is 19.1 Å². The Hall–Kier alpha value is -2.58. The minimum atomic E-state index is -0.607. The highest BCUT2D eigenvalue weighted by Gasteiger charge is 2.40. The Balaban J connectivity index is 1.51. The molecule has 0 saturated carbocycles.